The third kappa shape index (κ3) is 1.49. The number of nitrogens with zero attached hydrogens (tertiary/aromatic N) is 2. The third-order valence-electron chi connectivity index (χ3n) is 5.37. The predicted molar refractivity (Wildman–Crippen MR) is 69.8 cm³/mol. The van der Waals surface area contributed by atoms with Gasteiger partial charge in [0.1, 0.15) is 0 Å². The fourth-order valence-electron chi connectivity index (χ4n) is 4.56. The van der Waals surface area contributed by atoms with Crippen LogP contribution in [0.4, 0.5) is 0 Å². The van der Waals surface area contributed by atoms with Crippen LogP contribution in [0.5, 0.6) is 0 Å². The van der Waals surface area contributed by atoms with E-state index in [1.54, 1.807) is 0 Å². The summed E-state index contributed by atoms with van der Waals surface area (Å²) in [5.74, 6) is 1.38. The number of rotatable bonds is 0. The molecule has 0 aromatic carbocycles. The lowest BCUT2D eigenvalue weighted by atomic mass is 9.73. The topological polar surface area (TPSA) is 23.6 Å². The van der Waals surface area contributed by atoms with Crippen molar-refractivity contribution in [2.45, 2.75) is 44.6 Å². The van der Waals surface area contributed by atoms with Gasteiger partial charge in [-0.3, -0.25) is 9.69 Å². The van der Waals surface area contributed by atoms with Gasteiger partial charge in [0, 0.05) is 30.7 Å². The van der Waals surface area contributed by atoms with E-state index in [0.717, 1.165) is 19.4 Å². The van der Waals surface area contributed by atoms with E-state index < -0.39 is 0 Å². The van der Waals surface area contributed by atoms with Crippen LogP contribution in [0.15, 0.2) is 11.8 Å². The average Bonchev–Trinajstić information content (AvgIpc) is 2.44. The van der Waals surface area contributed by atoms with Crippen molar-refractivity contribution in [1.29, 1.82) is 0 Å². The molecule has 4 heterocycles. The summed E-state index contributed by atoms with van der Waals surface area (Å²) in [4.78, 5) is 17.4. The second kappa shape index (κ2) is 4.09. The molecule has 3 nitrogen and oxygen atoms in total. The fraction of sp³-hybridized carbons (Fsp3) is 0.800. The number of carbonyl (C=O) groups is 1. The quantitative estimate of drug-likeness (QED) is 0.652. The van der Waals surface area contributed by atoms with E-state index in [1.807, 2.05) is 0 Å². The molecule has 0 unspecified atom stereocenters. The van der Waals surface area contributed by atoms with Gasteiger partial charge in [-0.25, -0.2) is 0 Å². The number of allylic oxidation sites excluding steroid dienone is 1. The van der Waals surface area contributed by atoms with Crippen molar-refractivity contribution >= 4 is 5.91 Å². The SMILES string of the molecule is O=C1[C@H]2C[C@H](CN3CCCC[C@H]23)C2=CCCCN12. The summed E-state index contributed by atoms with van der Waals surface area (Å²) in [6.07, 6.45) is 9.68. The second-order valence-electron chi connectivity index (χ2n) is 6.36. The molecule has 3 fully saturated rings. The van der Waals surface area contributed by atoms with Crippen LogP contribution in [0.2, 0.25) is 0 Å². The zero-order chi connectivity index (χ0) is 12.1. The van der Waals surface area contributed by atoms with Crippen molar-refractivity contribution in [3.63, 3.8) is 0 Å². The molecule has 0 radical (unpaired) electrons. The minimum absolute atomic E-state index is 0.305. The Kier molecular flexibility index (Phi) is 2.51. The monoisotopic (exact) mass is 246 g/mol. The molecule has 0 saturated carbocycles. The minimum Gasteiger partial charge on any atom is -0.316 e. The Hall–Kier alpha value is -0.830. The maximum atomic E-state index is 12.7. The summed E-state index contributed by atoms with van der Waals surface area (Å²) in [6.45, 7) is 3.40. The molecule has 2 bridgehead atoms. The van der Waals surface area contributed by atoms with Gasteiger partial charge in [-0.2, -0.15) is 0 Å². The first-order chi connectivity index (χ1) is 8.84. The van der Waals surface area contributed by atoms with Gasteiger partial charge in [-0.1, -0.05) is 12.5 Å². The van der Waals surface area contributed by atoms with Crippen molar-refractivity contribution in [3.05, 3.63) is 11.8 Å². The molecule has 4 aliphatic rings. The van der Waals surface area contributed by atoms with Crippen LogP contribution in [0.25, 0.3) is 0 Å². The summed E-state index contributed by atoms with van der Waals surface area (Å²) in [5.41, 5.74) is 1.37. The largest absolute Gasteiger partial charge is 0.316 e. The normalized spacial score (nSPS) is 40.0. The molecule has 0 aliphatic carbocycles. The van der Waals surface area contributed by atoms with Gasteiger partial charge in [0.05, 0.1) is 5.92 Å². The Morgan fingerprint density at radius 3 is 3.06 bits per heavy atom. The van der Waals surface area contributed by atoms with Crippen LogP contribution in [-0.2, 0) is 4.79 Å². The molecule has 3 saturated heterocycles. The molecule has 0 spiro atoms. The molecule has 0 aromatic heterocycles. The Morgan fingerprint density at radius 2 is 2.11 bits per heavy atom. The van der Waals surface area contributed by atoms with Gasteiger partial charge in [0.2, 0.25) is 5.91 Å². The zero-order valence-electron chi connectivity index (χ0n) is 11.0. The van der Waals surface area contributed by atoms with E-state index in [0.29, 0.717) is 23.8 Å². The predicted octanol–water partition coefficient (Wildman–Crippen LogP) is 2.00. The molecule has 18 heavy (non-hydrogen) atoms. The lowest BCUT2D eigenvalue weighted by Crippen LogP contribution is -2.60. The summed E-state index contributed by atoms with van der Waals surface area (Å²) in [6, 6.07) is 0.561. The van der Waals surface area contributed by atoms with E-state index in [9.17, 15) is 4.79 Å². The highest BCUT2D eigenvalue weighted by Gasteiger charge is 2.48. The van der Waals surface area contributed by atoms with Crippen LogP contribution < -0.4 is 0 Å². The van der Waals surface area contributed by atoms with Crippen LogP contribution in [0, 0.1) is 11.8 Å². The molecule has 1 amide bonds. The molecular weight excluding hydrogens is 224 g/mol. The first-order valence-corrected chi connectivity index (χ1v) is 7.60. The number of amides is 1. The molecule has 0 N–H and O–H groups in total. The van der Waals surface area contributed by atoms with Crippen molar-refractivity contribution in [2.24, 2.45) is 11.8 Å². The van der Waals surface area contributed by atoms with E-state index in [2.05, 4.69) is 15.9 Å². The molecule has 3 heteroatoms. The van der Waals surface area contributed by atoms with Crippen molar-refractivity contribution < 1.29 is 4.79 Å². The van der Waals surface area contributed by atoms with E-state index in [1.165, 1.54) is 44.5 Å². The van der Waals surface area contributed by atoms with Gasteiger partial charge in [-0.05, 0) is 38.6 Å². The number of fused-ring (bicyclic) bond motifs is 6. The van der Waals surface area contributed by atoms with E-state index in [-0.39, 0.29) is 0 Å². The maximum absolute atomic E-state index is 12.7. The molecule has 3 atom stereocenters. The van der Waals surface area contributed by atoms with Gasteiger partial charge in [0.15, 0.2) is 0 Å². The number of hydrogen-bond donors (Lipinski definition) is 0. The van der Waals surface area contributed by atoms with Crippen molar-refractivity contribution in [1.82, 2.24) is 9.80 Å². The molecule has 4 aliphatic heterocycles. The number of hydrogen-bond acceptors (Lipinski definition) is 2. The Balaban J connectivity index is 1.69. The minimum atomic E-state index is 0.305. The van der Waals surface area contributed by atoms with Crippen molar-refractivity contribution in [3.8, 4) is 0 Å². The van der Waals surface area contributed by atoms with Gasteiger partial charge >= 0.3 is 0 Å². The lowest BCUT2D eigenvalue weighted by Gasteiger charge is -2.53. The van der Waals surface area contributed by atoms with Gasteiger partial charge in [-0.15, -0.1) is 0 Å². The van der Waals surface area contributed by atoms with Crippen LogP contribution in [-0.4, -0.2) is 41.4 Å². The molecular formula is C15H22N2O. The highest BCUT2D eigenvalue weighted by Crippen LogP contribution is 2.43. The fourth-order valence-corrected chi connectivity index (χ4v) is 4.56. The Bertz CT molecular complexity index is 403. The van der Waals surface area contributed by atoms with E-state index >= 15 is 0 Å². The first kappa shape index (κ1) is 11.0. The Morgan fingerprint density at radius 1 is 1.17 bits per heavy atom. The molecule has 98 valence electrons. The number of piperidine rings is 3. The summed E-state index contributed by atoms with van der Waals surface area (Å²) in [7, 11) is 0. The highest BCUT2D eigenvalue weighted by atomic mass is 16.2. The van der Waals surface area contributed by atoms with Gasteiger partial charge in [0.25, 0.3) is 0 Å². The zero-order valence-corrected chi connectivity index (χ0v) is 11.0. The lowest BCUT2D eigenvalue weighted by molar-refractivity contribution is -0.145. The first-order valence-electron chi connectivity index (χ1n) is 7.60. The van der Waals surface area contributed by atoms with Crippen molar-refractivity contribution in [2.75, 3.05) is 19.6 Å². The Labute approximate surface area is 109 Å². The summed E-state index contributed by atoms with van der Waals surface area (Å²) >= 11 is 0. The second-order valence-corrected chi connectivity index (χ2v) is 6.36. The van der Waals surface area contributed by atoms with E-state index in [4.69, 9.17) is 0 Å². The highest BCUT2D eigenvalue weighted by molar-refractivity contribution is 5.83. The van der Waals surface area contributed by atoms with Crippen LogP contribution in [0.3, 0.4) is 0 Å². The third-order valence-corrected chi connectivity index (χ3v) is 5.37. The average molecular weight is 246 g/mol. The van der Waals surface area contributed by atoms with Crippen LogP contribution >= 0.6 is 0 Å². The molecule has 4 rings (SSSR count). The summed E-state index contributed by atoms with van der Waals surface area (Å²) in [5, 5.41) is 0. The standard InChI is InChI=1S/C15H22N2O/c18-15-12-9-11(13-5-2-4-8-17(13)15)10-16-7-3-1-6-14(12)16/h5,11-12,14H,1-4,6-10H2/t11-,12+,14-/m1/s1. The smallest absolute Gasteiger partial charge is 0.231 e. The number of carbonyl (C=O) groups excluding carboxylic acids is 1. The summed E-state index contributed by atoms with van der Waals surface area (Å²) < 4.78 is 0. The van der Waals surface area contributed by atoms with Crippen LogP contribution in [0.1, 0.15) is 38.5 Å². The maximum Gasteiger partial charge on any atom is 0.231 e. The van der Waals surface area contributed by atoms with Gasteiger partial charge < -0.3 is 4.90 Å². The molecule has 0 aromatic rings.